The summed E-state index contributed by atoms with van der Waals surface area (Å²) in [6, 6.07) is 5.37. The van der Waals surface area contributed by atoms with Crippen molar-refractivity contribution in [3.63, 3.8) is 0 Å². The number of halogens is 2. The van der Waals surface area contributed by atoms with E-state index in [1.54, 1.807) is 12.1 Å². The molecule has 2 rings (SSSR count). The topological polar surface area (TPSA) is 43.8 Å². The number of anilines is 1. The van der Waals surface area contributed by atoms with Crippen LogP contribution >= 0.6 is 23.2 Å². The smallest absolute Gasteiger partial charge is 0.132 e. The van der Waals surface area contributed by atoms with Gasteiger partial charge in [-0.2, -0.15) is 0 Å². The molecule has 0 unspecified atom stereocenters. The maximum atomic E-state index is 6.38. The van der Waals surface area contributed by atoms with Gasteiger partial charge in [0.25, 0.3) is 0 Å². The largest absolute Gasteiger partial charge is 0.383 e. The van der Waals surface area contributed by atoms with E-state index < -0.39 is 0 Å². The summed E-state index contributed by atoms with van der Waals surface area (Å²) < 4.78 is 2.08. The molecule has 21 heavy (non-hydrogen) atoms. The van der Waals surface area contributed by atoms with Crippen LogP contribution in [0.5, 0.6) is 0 Å². The van der Waals surface area contributed by atoms with E-state index >= 15 is 0 Å². The molecule has 0 atom stereocenters. The Hall–Kier alpha value is -1.19. The van der Waals surface area contributed by atoms with Gasteiger partial charge in [0.05, 0.1) is 5.02 Å². The summed E-state index contributed by atoms with van der Waals surface area (Å²) in [5.41, 5.74) is 7.76. The predicted octanol–water partition coefficient (Wildman–Crippen LogP) is 5.32. The van der Waals surface area contributed by atoms with Crippen molar-refractivity contribution in [2.45, 2.75) is 46.1 Å². The molecule has 0 fully saturated rings. The van der Waals surface area contributed by atoms with Gasteiger partial charge in [0.2, 0.25) is 0 Å². The number of hydrogen-bond acceptors (Lipinski definition) is 2. The van der Waals surface area contributed by atoms with Crippen molar-refractivity contribution in [3.8, 4) is 11.3 Å². The first-order valence-electron chi connectivity index (χ1n) is 6.97. The Morgan fingerprint density at radius 2 is 1.81 bits per heavy atom. The highest BCUT2D eigenvalue weighted by atomic mass is 35.5. The third-order valence-corrected chi connectivity index (χ3v) is 3.86. The maximum Gasteiger partial charge on any atom is 0.132 e. The van der Waals surface area contributed by atoms with E-state index in [9.17, 15) is 0 Å². The first kappa shape index (κ1) is 16.2. The summed E-state index contributed by atoms with van der Waals surface area (Å²) in [5, 5.41) is 1.16. The molecule has 0 aliphatic rings. The van der Waals surface area contributed by atoms with E-state index in [1.165, 1.54) is 0 Å². The number of nitrogens with zero attached hydrogens (tertiary/aromatic N) is 2. The molecule has 0 radical (unpaired) electrons. The van der Waals surface area contributed by atoms with Gasteiger partial charge in [-0.15, -0.1) is 0 Å². The first-order valence-corrected chi connectivity index (χ1v) is 7.72. The molecular weight excluding hydrogens is 305 g/mol. The van der Waals surface area contributed by atoms with Crippen molar-refractivity contribution in [2.75, 3.05) is 5.73 Å². The number of hydrogen-bond donors (Lipinski definition) is 1. The van der Waals surface area contributed by atoms with E-state index in [-0.39, 0.29) is 11.5 Å². The second-order valence-electron chi connectivity index (χ2n) is 6.49. The van der Waals surface area contributed by atoms with Gasteiger partial charge >= 0.3 is 0 Å². The van der Waals surface area contributed by atoms with E-state index in [4.69, 9.17) is 33.9 Å². The normalized spacial score (nSPS) is 12.2. The quantitative estimate of drug-likeness (QED) is 0.812. The third kappa shape index (κ3) is 3.04. The van der Waals surface area contributed by atoms with Crippen LogP contribution in [0.3, 0.4) is 0 Å². The Kier molecular flexibility index (Phi) is 4.27. The second kappa shape index (κ2) is 5.54. The Balaban J connectivity index is 2.71. The zero-order chi connectivity index (χ0) is 15.9. The van der Waals surface area contributed by atoms with Gasteiger partial charge < -0.3 is 10.3 Å². The Bertz CT molecular complexity index is 667. The molecule has 0 saturated heterocycles. The number of nitrogen functional groups attached to an aromatic ring is 1. The van der Waals surface area contributed by atoms with Crippen LogP contribution in [0.15, 0.2) is 18.2 Å². The van der Waals surface area contributed by atoms with Crippen LogP contribution in [0.2, 0.25) is 10.0 Å². The zero-order valence-electron chi connectivity index (χ0n) is 13.0. The minimum Gasteiger partial charge on any atom is -0.383 e. The van der Waals surface area contributed by atoms with Gasteiger partial charge in [-0.1, -0.05) is 37.0 Å². The standard InChI is InChI=1S/C16H21Cl2N3/c1-9(2)15-20-13(14(19)21(15)16(3,4)5)11-7-6-10(17)8-12(11)18/h6-9H,19H2,1-5H3. The molecule has 5 heteroatoms. The summed E-state index contributed by atoms with van der Waals surface area (Å²) in [5.74, 6) is 1.86. The third-order valence-electron chi connectivity index (χ3n) is 3.31. The van der Waals surface area contributed by atoms with Crippen LogP contribution in [-0.4, -0.2) is 9.55 Å². The summed E-state index contributed by atoms with van der Waals surface area (Å²) in [4.78, 5) is 4.75. The van der Waals surface area contributed by atoms with Crippen LogP contribution < -0.4 is 5.73 Å². The summed E-state index contributed by atoms with van der Waals surface area (Å²) in [6.07, 6.45) is 0. The summed E-state index contributed by atoms with van der Waals surface area (Å²) in [7, 11) is 0. The highest BCUT2D eigenvalue weighted by Gasteiger charge is 2.26. The molecule has 0 aliphatic heterocycles. The van der Waals surface area contributed by atoms with Gasteiger partial charge in [0.15, 0.2) is 0 Å². The van der Waals surface area contributed by atoms with Crippen molar-refractivity contribution in [1.82, 2.24) is 9.55 Å². The fraction of sp³-hybridized carbons (Fsp3) is 0.438. The SMILES string of the molecule is CC(C)c1nc(-c2ccc(Cl)cc2Cl)c(N)n1C(C)(C)C. The van der Waals surface area contributed by atoms with Crippen molar-refractivity contribution < 1.29 is 0 Å². The lowest BCUT2D eigenvalue weighted by atomic mass is 10.1. The molecular formula is C16H21Cl2N3. The van der Waals surface area contributed by atoms with E-state index in [0.29, 0.717) is 15.9 Å². The second-order valence-corrected chi connectivity index (χ2v) is 7.33. The molecule has 0 spiro atoms. The van der Waals surface area contributed by atoms with Crippen LogP contribution in [0, 0.1) is 0 Å². The van der Waals surface area contributed by atoms with Crippen molar-refractivity contribution in [1.29, 1.82) is 0 Å². The Labute approximate surface area is 136 Å². The summed E-state index contributed by atoms with van der Waals surface area (Å²) >= 11 is 12.3. The number of aromatic nitrogens is 2. The lowest BCUT2D eigenvalue weighted by Crippen LogP contribution is -2.26. The van der Waals surface area contributed by atoms with Crippen LogP contribution in [-0.2, 0) is 5.54 Å². The molecule has 0 bridgehead atoms. The van der Waals surface area contributed by atoms with E-state index in [2.05, 4.69) is 39.2 Å². The molecule has 114 valence electrons. The first-order chi connectivity index (χ1) is 9.62. The number of benzene rings is 1. The van der Waals surface area contributed by atoms with Gasteiger partial charge in [-0.3, -0.25) is 0 Å². The highest BCUT2D eigenvalue weighted by Crippen LogP contribution is 2.37. The highest BCUT2D eigenvalue weighted by molar-refractivity contribution is 6.36. The van der Waals surface area contributed by atoms with Gasteiger partial charge in [0.1, 0.15) is 17.3 Å². The number of imidazole rings is 1. The van der Waals surface area contributed by atoms with Crippen molar-refractivity contribution >= 4 is 29.0 Å². The number of nitrogens with two attached hydrogens (primary N) is 1. The lowest BCUT2D eigenvalue weighted by molar-refractivity contribution is 0.382. The molecule has 3 nitrogen and oxygen atoms in total. The molecule has 1 aromatic heterocycles. The van der Waals surface area contributed by atoms with Gasteiger partial charge in [-0.25, -0.2) is 4.98 Å². The van der Waals surface area contributed by atoms with Crippen LogP contribution in [0.4, 0.5) is 5.82 Å². The Morgan fingerprint density at radius 1 is 1.19 bits per heavy atom. The molecule has 0 amide bonds. The molecule has 0 saturated carbocycles. The molecule has 2 aromatic rings. The van der Waals surface area contributed by atoms with E-state index in [0.717, 1.165) is 17.1 Å². The van der Waals surface area contributed by atoms with Crippen LogP contribution in [0.1, 0.15) is 46.4 Å². The molecule has 2 N–H and O–H groups in total. The summed E-state index contributed by atoms with van der Waals surface area (Å²) in [6.45, 7) is 10.6. The maximum absolute atomic E-state index is 6.38. The van der Waals surface area contributed by atoms with Crippen molar-refractivity contribution in [3.05, 3.63) is 34.1 Å². The van der Waals surface area contributed by atoms with E-state index in [1.807, 2.05) is 6.07 Å². The minimum absolute atomic E-state index is 0.145. The monoisotopic (exact) mass is 325 g/mol. The van der Waals surface area contributed by atoms with Gasteiger partial charge in [-0.05, 0) is 39.0 Å². The number of rotatable bonds is 2. The minimum atomic E-state index is -0.145. The van der Waals surface area contributed by atoms with Crippen molar-refractivity contribution in [2.24, 2.45) is 0 Å². The lowest BCUT2D eigenvalue weighted by Gasteiger charge is -2.26. The molecule has 1 heterocycles. The average molecular weight is 326 g/mol. The fourth-order valence-electron chi connectivity index (χ4n) is 2.42. The van der Waals surface area contributed by atoms with Crippen LogP contribution in [0.25, 0.3) is 11.3 Å². The Morgan fingerprint density at radius 3 is 2.24 bits per heavy atom. The predicted molar refractivity (Wildman–Crippen MR) is 91.2 cm³/mol. The zero-order valence-corrected chi connectivity index (χ0v) is 14.5. The fourth-order valence-corrected chi connectivity index (χ4v) is 2.92. The molecule has 1 aromatic carbocycles. The molecule has 0 aliphatic carbocycles. The average Bonchev–Trinajstić information content (AvgIpc) is 2.67. The van der Waals surface area contributed by atoms with Gasteiger partial charge in [0, 0.05) is 22.0 Å².